The monoisotopic (exact) mass is 206 g/mol. The summed E-state index contributed by atoms with van der Waals surface area (Å²) in [6.45, 7) is 0. The van der Waals surface area contributed by atoms with Gasteiger partial charge < -0.3 is 0 Å². The van der Waals surface area contributed by atoms with Crippen LogP contribution >= 0.6 is 0 Å². The number of nitrogens with one attached hydrogen (secondary N) is 2. The Kier molecular flexibility index (Phi) is 2.12. The minimum absolute atomic E-state index is 0.0191. The maximum atomic E-state index is 8.91. The number of nitriles is 2. The Labute approximate surface area is 92.1 Å². The van der Waals surface area contributed by atoms with Crippen molar-refractivity contribution in [2.24, 2.45) is 0 Å². The van der Waals surface area contributed by atoms with Crippen LogP contribution in [0.25, 0.3) is 0 Å². The first-order chi connectivity index (χ1) is 7.70. The predicted octanol–water partition coefficient (Wildman–Crippen LogP) is 1.78. The molecule has 16 heavy (non-hydrogen) atoms. The van der Waals surface area contributed by atoms with Gasteiger partial charge in [-0.05, 0) is 0 Å². The maximum absolute atomic E-state index is 8.91. The maximum Gasteiger partial charge on any atom is 0.103 e. The third-order valence-corrected chi connectivity index (χ3v) is 2.44. The molecule has 0 aliphatic heterocycles. The van der Waals surface area contributed by atoms with Crippen molar-refractivity contribution in [3.8, 4) is 12.1 Å². The average Bonchev–Trinajstić information content (AvgIpc) is 2.33. The fourth-order valence-corrected chi connectivity index (χ4v) is 1.66. The quantitative estimate of drug-likeness (QED) is 0.676. The second kappa shape index (κ2) is 3.45. The molecule has 1 aromatic rings. The topological polar surface area (TPSA) is 95.3 Å². The summed E-state index contributed by atoms with van der Waals surface area (Å²) < 4.78 is 0. The van der Waals surface area contributed by atoms with Gasteiger partial charge >= 0.3 is 0 Å². The minimum atomic E-state index is -0.0220. The fraction of sp³-hybridized carbons (Fsp3) is 0. The van der Waals surface area contributed by atoms with Crippen molar-refractivity contribution in [2.45, 2.75) is 0 Å². The number of nitrogens with zero attached hydrogens (tertiary/aromatic N) is 2. The molecule has 4 nitrogen and oxygen atoms in total. The third kappa shape index (κ3) is 1.14. The van der Waals surface area contributed by atoms with Crippen LogP contribution in [0.4, 0.5) is 0 Å². The van der Waals surface area contributed by atoms with E-state index in [-0.39, 0.29) is 22.6 Å². The first-order valence-electron chi connectivity index (χ1n) is 4.52. The summed E-state index contributed by atoms with van der Waals surface area (Å²) in [6.07, 6.45) is 0. The van der Waals surface area contributed by atoms with Crippen LogP contribution in [0.1, 0.15) is 11.1 Å². The number of hydrogen-bond acceptors (Lipinski definition) is 4. The lowest BCUT2D eigenvalue weighted by atomic mass is 9.84. The highest BCUT2D eigenvalue weighted by molar-refractivity contribution is 6.31. The Morgan fingerprint density at radius 1 is 0.812 bits per heavy atom. The fourth-order valence-electron chi connectivity index (χ4n) is 1.66. The molecule has 0 amide bonds. The van der Waals surface area contributed by atoms with Crippen LogP contribution in [0.15, 0.2) is 35.4 Å². The molecule has 0 saturated heterocycles. The number of allylic oxidation sites excluding steroid dienone is 2. The molecule has 1 aliphatic rings. The molecule has 0 unspecified atom stereocenters. The normalized spacial score (nSPS) is 14.1. The lowest BCUT2D eigenvalue weighted by Gasteiger charge is -2.17. The van der Waals surface area contributed by atoms with E-state index >= 15 is 0 Å². The largest absolute Gasteiger partial charge is 0.299 e. The number of hydrogen-bond donors (Lipinski definition) is 2. The van der Waals surface area contributed by atoms with Gasteiger partial charge in [0, 0.05) is 11.1 Å². The SMILES string of the molecule is N#CC1=C(C#N)C(=N)c2ccccc2C1=N. The highest BCUT2D eigenvalue weighted by Crippen LogP contribution is 2.25. The minimum Gasteiger partial charge on any atom is -0.299 e. The highest BCUT2D eigenvalue weighted by atomic mass is 14.5. The summed E-state index contributed by atoms with van der Waals surface area (Å²) in [7, 11) is 0. The summed E-state index contributed by atoms with van der Waals surface area (Å²) in [5, 5.41) is 33.5. The van der Waals surface area contributed by atoms with Crippen molar-refractivity contribution in [3.05, 3.63) is 46.5 Å². The molecule has 2 rings (SSSR count). The van der Waals surface area contributed by atoms with Crippen LogP contribution in [0, 0.1) is 33.5 Å². The summed E-state index contributed by atoms with van der Waals surface area (Å²) in [5.74, 6) is 0. The van der Waals surface area contributed by atoms with Gasteiger partial charge in [0.2, 0.25) is 0 Å². The first-order valence-corrected chi connectivity index (χ1v) is 4.52. The molecule has 0 saturated carbocycles. The molecule has 2 N–H and O–H groups in total. The summed E-state index contributed by atoms with van der Waals surface area (Å²) in [5.41, 5.74) is 1.06. The van der Waals surface area contributed by atoms with E-state index in [1.165, 1.54) is 0 Å². The van der Waals surface area contributed by atoms with Crippen molar-refractivity contribution >= 4 is 11.4 Å². The van der Waals surface area contributed by atoms with Gasteiger partial charge in [-0.1, -0.05) is 24.3 Å². The molecule has 1 aromatic carbocycles. The number of fused-ring (bicyclic) bond motifs is 1. The molecule has 74 valence electrons. The van der Waals surface area contributed by atoms with Gasteiger partial charge in [-0.25, -0.2) is 0 Å². The molecule has 0 aromatic heterocycles. The van der Waals surface area contributed by atoms with Crippen LogP contribution in [-0.2, 0) is 0 Å². The predicted molar refractivity (Wildman–Crippen MR) is 58.4 cm³/mol. The van der Waals surface area contributed by atoms with E-state index in [9.17, 15) is 0 Å². The van der Waals surface area contributed by atoms with E-state index in [0.29, 0.717) is 11.1 Å². The lowest BCUT2D eigenvalue weighted by Crippen LogP contribution is -2.20. The summed E-state index contributed by atoms with van der Waals surface area (Å²) >= 11 is 0. The van der Waals surface area contributed by atoms with Crippen LogP contribution < -0.4 is 0 Å². The molecular weight excluding hydrogens is 200 g/mol. The number of benzene rings is 1. The van der Waals surface area contributed by atoms with E-state index in [4.69, 9.17) is 21.3 Å². The molecular formula is C12H6N4. The molecule has 0 atom stereocenters. The Bertz CT molecular complexity index is 568. The average molecular weight is 206 g/mol. The smallest absolute Gasteiger partial charge is 0.103 e. The van der Waals surface area contributed by atoms with E-state index in [0.717, 1.165) is 0 Å². The first kappa shape index (κ1) is 9.82. The van der Waals surface area contributed by atoms with Crippen molar-refractivity contribution < 1.29 is 0 Å². The summed E-state index contributed by atoms with van der Waals surface area (Å²) in [6, 6.07) is 10.5. The van der Waals surface area contributed by atoms with Gasteiger partial charge in [-0.3, -0.25) is 10.8 Å². The molecule has 0 radical (unpaired) electrons. The van der Waals surface area contributed by atoms with Gasteiger partial charge in [0.05, 0.1) is 22.6 Å². The van der Waals surface area contributed by atoms with Crippen LogP contribution in [0.2, 0.25) is 0 Å². The Morgan fingerprint density at radius 3 is 1.50 bits per heavy atom. The lowest BCUT2D eigenvalue weighted by molar-refractivity contribution is 1.36. The zero-order chi connectivity index (χ0) is 11.7. The number of rotatable bonds is 0. The van der Waals surface area contributed by atoms with Gasteiger partial charge in [-0.15, -0.1) is 0 Å². The van der Waals surface area contributed by atoms with Crippen LogP contribution in [-0.4, -0.2) is 11.4 Å². The third-order valence-electron chi connectivity index (χ3n) is 2.44. The zero-order valence-electron chi connectivity index (χ0n) is 8.20. The van der Waals surface area contributed by atoms with E-state index in [1.54, 1.807) is 24.3 Å². The molecule has 4 heteroatoms. The van der Waals surface area contributed by atoms with E-state index in [1.807, 2.05) is 12.1 Å². The molecule has 0 bridgehead atoms. The second-order valence-electron chi connectivity index (χ2n) is 3.27. The van der Waals surface area contributed by atoms with E-state index in [2.05, 4.69) is 0 Å². The molecule has 0 fully saturated rings. The van der Waals surface area contributed by atoms with Gasteiger partial charge in [0.15, 0.2) is 0 Å². The molecule has 1 aliphatic carbocycles. The summed E-state index contributed by atoms with van der Waals surface area (Å²) in [4.78, 5) is 0. The Morgan fingerprint density at radius 2 is 1.19 bits per heavy atom. The van der Waals surface area contributed by atoms with Crippen molar-refractivity contribution in [1.29, 1.82) is 21.3 Å². The van der Waals surface area contributed by atoms with Crippen molar-refractivity contribution in [3.63, 3.8) is 0 Å². The standard InChI is InChI=1S/C12H6N4/c13-5-9-10(6-14)12(16)8-4-2-1-3-7(8)11(9)15/h1-4,15-16H. The van der Waals surface area contributed by atoms with Crippen molar-refractivity contribution in [2.75, 3.05) is 0 Å². The van der Waals surface area contributed by atoms with Crippen LogP contribution in [0.3, 0.4) is 0 Å². The van der Waals surface area contributed by atoms with Crippen molar-refractivity contribution in [1.82, 2.24) is 0 Å². The highest BCUT2D eigenvalue weighted by Gasteiger charge is 2.26. The van der Waals surface area contributed by atoms with Gasteiger partial charge in [0.1, 0.15) is 12.1 Å². The zero-order valence-corrected chi connectivity index (χ0v) is 8.20. The Hall–Kier alpha value is -2.72. The Balaban J connectivity index is 2.79. The molecule has 0 spiro atoms. The van der Waals surface area contributed by atoms with Crippen LogP contribution in [0.5, 0.6) is 0 Å². The second-order valence-corrected chi connectivity index (χ2v) is 3.27. The van der Waals surface area contributed by atoms with Gasteiger partial charge in [-0.2, -0.15) is 10.5 Å². The van der Waals surface area contributed by atoms with E-state index < -0.39 is 0 Å². The molecule has 0 heterocycles. The van der Waals surface area contributed by atoms with Gasteiger partial charge in [0.25, 0.3) is 0 Å².